The average molecular weight is 212 g/mol. The minimum atomic E-state index is -0.449. The Morgan fingerprint density at radius 1 is 1.47 bits per heavy atom. The van der Waals surface area contributed by atoms with E-state index in [1.165, 1.54) is 12.3 Å². The molecule has 15 heavy (non-hydrogen) atoms. The molecular weight excluding hydrogens is 196 g/mol. The maximum absolute atomic E-state index is 11.0. The Morgan fingerprint density at radius 2 is 2.13 bits per heavy atom. The van der Waals surface area contributed by atoms with Crippen LogP contribution >= 0.6 is 0 Å². The number of hydrogen-bond donors (Lipinski definition) is 1. The molecule has 0 radical (unpaired) electrons. The summed E-state index contributed by atoms with van der Waals surface area (Å²) in [5.41, 5.74) is -0.402. The summed E-state index contributed by atoms with van der Waals surface area (Å²) < 4.78 is 10.3. The zero-order valence-corrected chi connectivity index (χ0v) is 9.24. The first kappa shape index (κ1) is 11.8. The second kappa shape index (κ2) is 4.49. The van der Waals surface area contributed by atoms with E-state index in [-0.39, 0.29) is 23.5 Å². The molecule has 0 aliphatic heterocycles. The van der Waals surface area contributed by atoms with E-state index < -0.39 is 5.43 Å². The van der Waals surface area contributed by atoms with Crippen molar-refractivity contribution in [3.05, 3.63) is 28.3 Å². The van der Waals surface area contributed by atoms with Gasteiger partial charge in [0.25, 0.3) is 0 Å². The summed E-state index contributed by atoms with van der Waals surface area (Å²) in [7, 11) is 0. The molecule has 0 saturated carbocycles. The van der Waals surface area contributed by atoms with Crippen LogP contribution < -0.4 is 5.43 Å². The summed E-state index contributed by atoms with van der Waals surface area (Å²) in [5, 5.41) is 9.34. The van der Waals surface area contributed by atoms with Crippen molar-refractivity contribution in [2.75, 3.05) is 6.61 Å². The first-order valence-electron chi connectivity index (χ1n) is 4.77. The molecule has 1 heterocycles. The van der Waals surface area contributed by atoms with Crippen LogP contribution in [0.25, 0.3) is 0 Å². The topological polar surface area (TPSA) is 59.7 Å². The van der Waals surface area contributed by atoms with Gasteiger partial charge in [-0.1, -0.05) is 20.8 Å². The summed E-state index contributed by atoms with van der Waals surface area (Å²) >= 11 is 0. The lowest BCUT2D eigenvalue weighted by atomic mass is 9.99. The maximum Gasteiger partial charge on any atom is 0.226 e. The SMILES string of the molecule is CC(C)(C)COCc1occc(=O)c1O. The van der Waals surface area contributed by atoms with Gasteiger partial charge in [-0.15, -0.1) is 0 Å². The van der Waals surface area contributed by atoms with Crippen LogP contribution in [0.4, 0.5) is 0 Å². The lowest BCUT2D eigenvalue weighted by Crippen LogP contribution is -2.14. The van der Waals surface area contributed by atoms with Crippen LogP contribution in [0, 0.1) is 5.41 Å². The van der Waals surface area contributed by atoms with Crippen LogP contribution in [-0.2, 0) is 11.3 Å². The quantitative estimate of drug-likeness (QED) is 0.831. The Hall–Kier alpha value is -1.29. The molecule has 0 aromatic carbocycles. The van der Waals surface area contributed by atoms with E-state index in [0.29, 0.717) is 6.61 Å². The van der Waals surface area contributed by atoms with E-state index in [0.717, 1.165) is 0 Å². The summed E-state index contributed by atoms with van der Waals surface area (Å²) in [6, 6.07) is 1.17. The van der Waals surface area contributed by atoms with Crippen molar-refractivity contribution in [2.45, 2.75) is 27.4 Å². The number of rotatable bonds is 3. The highest BCUT2D eigenvalue weighted by Crippen LogP contribution is 2.16. The molecule has 0 bridgehead atoms. The van der Waals surface area contributed by atoms with Crippen LogP contribution in [0.3, 0.4) is 0 Å². The van der Waals surface area contributed by atoms with E-state index >= 15 is 0 Å². The van der Waals surface area contributed by atoms with Crippen LogP contribution in [0.1, 0.15) is 26.5 Å². The predicted molar refractivity (Wildman–Crippen MR) is 55.8 cm³/mol. The largest absolute Gasteiger partial charge is 0.502 e. The first-order chi connectivity index (χ1) is 6.90. The smallest absolute Gasteiger partial charge is 0.226 e. The monoisotopic (exact) mass is 212 g/mol. The van der Waals surface area contributed by atoms with Crippen molar-refractivity contribution >= 4 is 0 Å². The highest BCUT2D eigenvalue weighted by Gasteiger charge is 2.12. The molecule has 1 aromatic heterocycles. The zero-order valence-electron chi connectivity index (χ0n) is 9.24. The van der Waals surface area contributed by atoms with Gasteiger partial charge in [0.2, 0.25) is 11.2 Å². The van der Waals surface area contributed by atoms with Crippen molar-refractivity contribution in [1.82, 2.24) is 0 Å². The molecule has 1 aromatic rings. The van der Waals surface area contributed by atoms with Gasteiger partial charge in [0.1, 0.15) is 6.61 Å². The molecule has 0 amide bonds. The van der Waals surface area contributed by atoms with Crippen LogP contribution in [0.5, 0.6) is 5.75 Å². The lowest BCUT2D eigenvalue weighted by molar-refractivity contribution is 0.0478. The Kier molecular flexibility index (Phi) is 3.52. The van der Waals surface area contributed by atoms with E-state index in [2.05, 4.69) is 0 Å². The Balaban J connectivity index is 2.59. The number of hydrogen-bond acceptors (Lipinski definition) is 4. The summed E-state index contributed by atoms with van der Waals surface area (Å²) in [6.45, 7) is 6.75. The summed E-state index contributed by atoms with van der Waals surface area (Å²) in [5.74, 6) is -0.196. The van der Waals surface area contributed by atoms with Gasteiger partial charge in [0, 0.05) is 6.07 Å². The van der Waals surface area contributed by atoms with Gasteiger partial charge in [-0.2, -0.15) is 0 Å². The standard InChI is InChI=1S/C11H16O4/c1-11(2,3)7-14-6-9-10(13)8(12)4-5-15-9/h4-5,13H,6-7H2,1-3H3. The third-order valence-electron chi connectivity index (χ3n) is 1.70. The third-order valence-corrected chi connectivity index (χ3v) is 1.70. The molecule has 4 heteroatoms. The van der Waals surface area contributed by atoms with Crippen molar-refractivity contribution in [3.8, 4) is 5.75 Å². The Bertz CT molecular complexity index is 373. The minimum Gasteiger partial charge on any atom is -0.502 e. The fourth-order valence-electron chi connectivity index (χ4n) is 1.00. The summed E-state index contributed by atoms with van der Waals surface area (Å²) in [6.07, 6.45) is 1.25. The molecule has 4 nitrogen and oxygen atoms in total. The number of aromatic hydroxyl groups is 1. The first-order valence-corrected chi connectivity index (χ1v) is 4.77. The predicted octanol–water partition coefficient (Wildman–Crippen LogP) is 1.91. The third kappa shape index (κ3) is 3.75. The maximum atomic E-state index is 11.0. The Labute approximate surface area is 88.5 Å². The molecule has 0 saturated heterocycles. The van der Waals surface area contributed by atoms with Crippen molar-refractivity contribution < 1.29 is 14.3 Å². The van der Waals surface area contributed by atoms with E-state index in [4.69, 9.17) is 9.15 Å². The van der Waals surface area contributed by atoms with Crippen molar-refractivity contribution in [3.63, 3.8) is 0 Å². The average Bonchev–Trinajstić information content (AvgIpc) is 2.10. The molecule has 0 fully saturated rings. The highest BCUT2D eigenvalue weighted by molar-refractivity contribution is 5.21. The van der Waals surface area contributed by atoms with Gasteiger partial charge in [-0.25, -0.2) is 0 Å². The van der Waals surface area contributed by atoms with Crippen molar-refractivity contribution in [2.24, 2.45) is 5.41 Å². The molecular formula is C11H16O4. The van der Waals surface area contributed by atoms with Gasteiger partial charge in [0.15, 0.2) is 5.76 Å². The van der Waals surface area contributed by atoms with Gasteiger partial charge in [-0.3, -0.25) is 4.79 Å². The van der Waals surface area contributed by atoms with Gasteiger partial charge in [-0.05, 0) is 5.41 Å². The van der Waals surface area contributed by atoms with Gasteiger partial charge in [0.05, 0.1) is 12.9 Å². The van der Waals surface area contributed by atoms with Gasteiger partial charge < -0.3 is 14.3 Å². The molecule has 0 spiro atoms. The zero-order chi connectivity index (χ0) is 11.5. The van der Waals surface area contributed by atoms with Crippen molar-refractivity contribution in [1.29, 1.82) is 0 Å². The normalized spacial score (nSPS) is 11.7. The van der Waals surface area contributed by atoms with Gasteiger partial charge >= 0.3 is 0 Å². The minimum absolute atomic E-state index is 0.0463. The fraction of sp³-hybridized carbons (Fsp3) is 0.545. The molecule has 1 N–H and O–H groups in total. The van der Waals surface area contributed by atoms with E-state index in [1.54, 1.807) is 0 Å². The second-order valence-electron chi connectivity index (χ2n) is 4.61. The van der Waals surface area contributed by atoms with E-state index in [9.17, 15) is 9.90 Å². The lowest BCUT2D eigenvalue weighted by Gasteiger charge is -2.17. The molecule has 0 aliphatic carbocycles. The molecule has 0 unspecified atom stereocenters. The molecule has 84 valence electrons. The molecule has 0 atom stereocenters. The molecule has 0 aliphatic rings. The number of ether oxygens (including phenoxy) is 1. The highest BCUT2D eigenvalue weighted by atomic mass is 16.5. The Morgan fingerprint density at radius 3 is 2.73 bits per heavy atom. The van der Waals surface area contributed by atoms with Crippen LogP contribution in [-0.4, -0.2) is 11.7 Å². The molecule has 1 rings (SSSR count). The summed E-state index contributed by atoms with van der Waals surface area (Å²) in [4.78, 5) is 11.0. The van der Waals surface area contributed by atoms with Crippen LogP contribution in [0.15, 0.2) is 21.5 Å². The van der Waals surface area contributed by atoms with Crippen LogP contribution in [0.2, 0.25) is 0 Å². The fourth-order valence-corrected chi connectivity index (χ4v) is 1.00. The van der Waals surface area contributed by atoms with E-state index in [1.807, 2.05) is 20.8 Å². The second-order valence-corrected chi connectivity index (χ2v) is 4.61.